The Morgan fingerprint density at radius 1 is 1.25 bits per heavy atom. The van der Waals surface area contributed by atoms with Crippen LogP contribution in [-0.2, 0) is 4.79 Å². The van der Waals surface area contributed by atoms with Gasteiger partial charge in [-0.05, 0) is 51.8 Å². The molecule has 0 heterocycles. The SMILES string of the molecule is NC(=O)C(Nc1ccc(Cl)c(Br)c1)c1ccc(O)cc1. The molecule has 104 valence electrons. The van der Waals surface area contributed by atoms with Crippen molar-refractivity contribution in [2.75, 3.05) is 5.32 Å². The Hall–Kier alpha value is -1.72. The summed E-state index contributed by atoms with van der Waals surface area (Å²) in [6, 6.07) is 10.8. The van der Waals surface area contributed by atoms with Gasteiger partial charge in [-0.25, -0.2) is 0 Å². The zero-order valence-corrected chi connectivity index (χ0v) is 12.6. The number of anilines is 1. The van der Waals surface area contributed by atoms with Crippen molar-refractivity contribution < 1.29 is 9.90 Å². The van der Waals surface area contributed by atoms with Crippen molar-refractivity contribution in [2.45, 2.75) is 6.04 Å². The standard InChI is InChI=1S/C14H12BrClN2O2/c15-11-7-9(3-6-12(11)16)18-13(14(17)20)8-1-4-10(19)5-2-8/h1-7,13,18-19H,(H2,17,20). The number of phenols is 1. The molecule has 0 bridgehead atoms. The molecule has 1 atom stereocenters. The second-order valence-electron chi connectivity index (χ2n) is 4.20. The second-order valence-corrected chi connectivity index (χ2v) is 5.46. The number of hydrogen-bond donors (Lipinski definition) is 3. The van der Waals surface area contributed by atoms with E-state index in [9.17, 15) is 9.90 Å². The fourth-order valence-electron chi connectivity index (χ4n) is 1.74. The minimum absolute atomic E-state index is 0.131. The van der Waals surface area contributed by atoms with E-state index in [1.807, 2.05) is 0 Å². The summed E-state index contributed by atoms with van der Waals surface area (Å²) in [5.41, 5.74) is 6.80. The predicted octanol–water partition coefficient (Wildman–Crippen LogP) is 3.45. The van der Waals surface area contributed by atoms with Crippen LogP contribution in [0.15, 0.2) is 46.9 Å². The van der Waals surface area contributed by atoms with Gasteiger partial charge in [0, 0.05) is 10.2 Å². The van der Waals surface area contributed by atoms with Crippen molar-refractivity contribution in [1.29, 1.82) is 0 Å². The van der Waals surface area contributed by atoms with E-state index >= 15 is 0 Å². The van der Waals surface area contributed by atoms with Crippen LogP contribution in [0.1, 0.15) is 11.6 Å². The number of phenolic OH excluding ortho intramolecular Hbond substituents is 1. The zero-order valence-electron chi connectivity index (χ0n) is 10.3. The summed E-state index contributed by atoms with van der Waals surface area (Å²) in [5, 5.41) is 12.9. The van der Waals surface area contributed by atoms with Gasteiger partial charge >= 0.3 is 0 Å². The van der Waals surface area contributed by atoms with Crippen LogP contribution in [0.25, 0.3) is 0 Å². The van der Waals surface area contributed by atoms with Gasteiger partial charge in [0.1, 0.15) is 11.8 Å². The Balaban J connectivity index is 2.27. The lowest BCUT2D eigenvalue weighted by molar-refractivity contribution is -0.118. The molecule has 2 aromatic rings. The molecule has 0 saturated carbocycles. The van der Waals surface area contributed by atoms with E-state index in [2.05, 4.69) is 21.2 Å². The molecular weight excluding hydrogens is 344 g/mol. The number of hydrogen-bond acceptors (Lipinski definition) is 3. The Morgan fingerprint density at radius 3 is 2.45 bits per heavy atom. The van der Waals surface area contributed by atoms with Gasteiger partial charge in [0.15, 0.2) is 0 Å². The van der Waals surface area contributed by atoms with Crippen molar-refractivity contribution in [2.24, 2.45) is 5.73 Å². The zero-order chi connectivity index (χ0) is 14.7. The average molecular weight is 356 g/mol. The lowest BCUT2D eigenvalue weighted by atomic mass is 10.1. The number of amides is 1. The lowest BCUT2D eigenvalue weighted by Gasteiger charge is -2.17. The fourth-order valence-corrected chi connectivity index (χ4v) is 2.23. The van der Waals surface area contributed by atoms with E-state index in [-0.39, 0.29) is 5.75 Å². The maximum absolute atomic E-state index is 11.6. The third-order valence-corrected chi connectivity index (χ3v) is 3.96. The maximum atomic E-state index is 11.6. The van der Waals surface area contributed by atoms with Crippen LogP contribution in [0.2, 0.25) is 5.02 Å². The Kier molecular flexibility index (Phi) is 4.52. The molecule has 1 amide bonds. The van der Waals surface area contributed by atoms with Crippen molar-refractivity contribution in [3.63, 3.8) is 0 Å². The van der Waals surface area contributed by atoms with E-state index in [1.54, 1.807) is 30.3 Å². The minimum atomic E-state index is -0.691. The number of halogens is 2. The quantitative estimate of drug-likeness (QED) is 0.786. The summed E-state index contributed by atoms with van der Waals surface area (Å²) in [7, 11) is 0. The third-order valence-electron chi connectivity index (χ3n) is 2.74. The first-order valence-corrected chi connectivity index (χ1v) is 6.94. The first kappa shape index (κ1) is 14.7. The highest BCUT2D eigenvalue weighted by molar-refractivity contribution is 9.10. The number of nitrogens with two attached hydrogens (primary N) is 1. The summed E-state index contributed by atoms with van der Waals surface area (Å²) >= 11 is 9.24. The smallest absolute Gasteiger partial charge is 0.244 e. The molecule has 2 aromatic carbocycles. The number of carbonyl (C=O) groups excluding carboxylic acids is 1. The summed E-state index contributed by atoms with van der Waals surface area (Å²) in [4.78, 5) is 11.6. The maximum Gasteiger partial charge on any atom is 0.244 e. The van der Waals surface area contributed by atoms with Gasteiger partial charge in [-0.3, -0.25) is 4.79 Å². The predicted molar refractivity (Wildman–Crippen MR) is 82.8 cm³/mol. The minimum Gasteiger partial charge on any atom is -0.508 e. The molecule has 0 aliphatic heterocycles. The Morgan fingerprint density at radius 2 is 1.90 bits per heavy atom. The Bertz CT molecular complexity index is 632. The van der Waals surface area contributed by atoms with Crippen LogP contribution in [0.3, 0.4) is 0 Å². The van der Waals surface area contributed by atoms with Crippen LogP contribution in [-0.4, -0.2) is 11.0 Å². The molecule has 4 N–H and O–H groups in total. The fraction of sp³-hybridized carbons (Fsp3) is 0.0714. The monoisotopic (exact) mass is 354 g/mol. The van der Waals surface area contributed by atoms with Gasteiger partial charge in [-0.15, -0.1) is 0 Å². The molecule has 0 aliphatic carbocycles. The lowest BCUT2D eigenvalue weighted by Crippen LogP contribution is -2.27. The van der Waals surface area contributed by atoms with E-state index in [0.29, 0.717) is 16.3 Å². The Labute approximate surface area is 129 Å². The summed E-state index contributed by atoms with van der Waals surface area (Å²) in [5.74, 6) is -0.382. The number of carbonyl (C=O) groups is 1. The van der Waals surface area contributed by atoms with E-state index < -0.39 is 11.9 Å². The van der Waals surface area contributed by atoms with Crippen LogP contribution in [0, 0.1) is 0 Å². The first-order chi connectivity index (χ1) is 9.47. The number of primary amides is 1. The number of benzene rings is 2. The summed E-state index contributed by atoms with van der Waals surface area (Å²) in [6.45, 7) is 0. The van der Waals surface area contributed by atoms with Crippen LogP contribution < -0.4 is 11.1 Å². The van der Waals surface area contributed by atoms with E-state index in [1.165, 1.54) is 12.1 Å². The van der Waals surface area contributed by atoms with Gasteiger partial charge < -0.3 is 16.2 Å². The summed E-state index contributed by atoms with van der Waals surface area (Å²) in [6.07, 6.45) is 0. The van der Waals surface area contributed by atoms with Gasteiger partial charge in [0.2, 0.25) is 5.91 Å². The van der Waals surface area contributed by atoms with E-state index in [0.717, 1.165) is 4.47 Å². The van der Waals surface area contributed by atoms with Gasteiger partial charge in [0.05, 0.1) is 5.02 Å². The molecule has 0 spiro atoms. The number of aromatic hydroxyl groups is 1. The molecule has 0 fully saturated rings. The largest absolute Gasteiger partial charge is 0.508 e. The second kappa shape index (κ2) is 6.15. The molecule has 6 heteroatoms. The molecule has 0 radical (unpaired) electrons. The topological polar surface area (TPSA) is 75.4 Å². The number of rotatable bonds is 4. The highest BCUT2D eigenvalue weighted by atomic mass is 79.9. The molecule has 0 aliphatic rings. The van der Waals surface area contributed by atoms with Crippen molar-refractivity contribution in [1.82, 2.24) is 0 Å². The van der Waals surface area contributed by atoms with Crippen LogP contribution >= 0.6 is 27.5 Å². The number of nitrogens with one attached hydrogen (secondary N) is 1. The molecule has 1 unspecified atom stereocenters. The first-order valence-electron chi connectivity index (χ1n) is 5.77. The normalized spacial score (nSPS) is 11.9. The van der Waals surface area contributed by atoms with Gasteiger partial charge in [0.25, 0.3) is 0 Å². The molecule has 2 rings (SSSR count). The highest BCUT2D eigenvalue weighted by Crippen LogP contribution is 2.28. The third kappa shape index (κ3) is 3.43. The van der Waals surface area contributed by atoms with E-state index in [4.69, 9.17) is 17.3 Å². The van der Waals surface area contributed by atoms with Crippen LogP contribution in [0.5, 0.6) is 5.75 Å². The molecule has 4 nitrogen and oxygen atoms in total. The molecule has 0 aromatic heterocycles. The molecule has 0 saturated heterocycles. The highest BCUT2D eigenvalue weighted by Gasteiger charge is 2.17. The molecule has 20 heavy (non-hydrogen) atoms. The summed E-state index contributed by atoms with van der Waals surface area (Å²) < 4.78 is 0.720. The van der Waals surface area contributed by atoms with Gasteiger partial charge in [-0.1, -0.05) is 23.7 Å². The molecular formula is C14H12BrClN2O2. The van der Waals surface area contributed by atoms with Crippen molar-refractivity contribution >= 4 is 39.1 Å². The average Bonchev–Trinajstić information content (AvgIpc) is 2.41. The van der Waals surface area contributed by atoms with Crippen molar-refractivity contribution in [3.8, 4) is 5.75 Å². The van der Waals surface area contributed by atoms with Crippen molar-refractivity contribution in [3.05, 3.63) is 57.5 Å². The van der Waals surface area contributed by atoms with Gasteiger partial charge in [-0.2, -0.15) is 0 Å². The van der Waals surface area contributed by atoms with Crippen LogP contribution in [0.4, 0.5) is 5.69 Å².